The van der Waals surface area contributed by atoms with Crippen molar-refractivity contribution in [1.82, 2.24) is 0 Å². The van der Waals surface area contributed by atoms with Gasteiger partial charge in [0.15, 0.2) is 5.96 Å². The fraction of sp³-hybridized carbons (Fsp3) is 0.467. The summed E-state index contributed by atoms with van der Waals surface area (Å²) in [7, 11) is 0. The monoisotopic (exact) mass is 343 g/mol. The third-order valence-electron chi connectivity index (χ3n) is 3.82. The molecule has 0 spiro atoms. The zero-order chi connectivity index (χ0) is 16.1. The summed E-state index contributed by atoms with van der Waals surface area (Å²) in [5, 5.41) is 0.840. The molecule has 0 aromatic heterocycles. The molecule has 22 heavy (non-hydrogen) atoms. The van der Waals surface area contributed by atoms with E-state index in [2.05, 4.69) is 4.99 Å². The molecule has 120 valence electrons. The fourth-order valence-electron chi connectivity index (χ4n) is 2.56. The summed E-state index contributed by atoms with van der Waals surface area (Å²) in [4.78, 5) is 16.2. The topological polar surface area (TPSA) is 90.7 Å². The van der Waals surface area contributed by atoms with Crippen LogP contribution in [0.3, 0.4) is 0 Å². The Morgan fingerprint density at radius 3 is 2.50 bits per heavy atom. The van der Waals surface area contributed by atoms with Crippen LogP contribution in [-0.4, -0.2) is 18.5 Å². The molecule has 1 fully saturated rings. The van der Waals surface area contributed by atoms with Gasteiger partial charge in [-0.2, -0.15) is 0 Å². The lowest BCUT2D eigenvalue weighted by molar-refractivity contribution is -0.140. The van der Waals surface area contributed by atoms with Gasteiger partial charge in [-0.3, -0.25) is 9.79 Å². The molecule has 1 aromatic carbocycles. The van der Waals surface area contributed by atoms with Crippen molar-refractivity contribution in [3.8, 4) is 5.75 Å². The molecular weight excluding hydrogens is 325 g/mol. The molecule has 0 atom stereocenters. The Morgan fingerprint density at radius 1 is 1.23 bits per heavy atom. The SMILES string of the molecule is NC(N)=NCC1CCC(C(=O)Oc2ccc(Cl)cc2Cl)CC1. The minimum absolute atomic E-state index is 0.109. The quantitative estimate of drug-likeness (QED) is 0.380. The minimum atomic E-state index is -0.246. The zero-order valence-electron chi connectivity index (χ0n) is 12.1. The van der Waals surface area contributed by atoms with E-state index in [1.807, 2.05) is 0 Å². The molecule has 2 rings (SSSR count). The van der Waals surface area contributed by atoms with Crippen LogP contribution in [0.2, 0.25) is 10.0 Å². The van der Waals surface area contributed by atoms with Gasteiger partial charge in [-0.1, -0.05) is 23.2 Å². The van der Waals surface area contributed by atoms with Crippen LogP contribution >= 0.6 is 23.2 Å². The van der Waals surface area contributed by atoms with E-state index in [0.29, 0.717) is 28.3 Å². The predicted molar refractivity (Wildman–Crippen MR) is 88.2 cm³/mol. The third-order valence-corrected chi connectivity index (χ3v) is 4.35. The molecule has 0 amide bonds. The van der Waals surface area contributed by atoms with Crippen LogP contribution < -0.4 is 16.2 Å². The van der Waals surface area contributed by atoms with E-state index in [4.69, 9.17) is 39.4 Å². The zero-order valence-corrected chi connectivity index (χ0v) is 13.6. The number of ether oxygens (including phenoxy) is 1. The molecule has 0 unspecified atom stereocenters. The first-order chi connectivity index (χ1) is 10.5. The highest BCUT2D eigenvalue weighted by molar-refractivity contribution is 6.35. The van der Waals surface area contributed by atoms with Gasteiger partial charge in [0.25, 0.3) is 0 Å². The Kier molecular flexibility index (Phi) is 5.91. The Labute approximate surface area is 139 Å². The highest BCUT2D eigenvalue weighted by Gasteiger charge is 2.28. The second-order valence-corrected chi connectivity index (χ2v) is 6.32. The van der Waals surface area contributed by atoms with Crippen molar-refractivity contribution in [3.63, 3.8) is 0 Å². The second kappa shape index (κ2) is 7.70. The Balaban J connectivity index is 1.86. The van der Waals surface area contributed by atoms with Gasteiger partial charge in [0.05, 0.1) is 10.9 Å². The summed E-state index contributed by atoms with van der Waals surface area (Å²) < 4.78 is 5.38. The van der Waals surface area contributed by atoms with E-state index in [0.717, 1.165) is 25.7 Å². The summed E-state index contributed by atoms with van der Waals surface area (Å²) in [6.07, 6.45) is 3.36. The Hall–Kier alpha value is -1.46. The number of hydrogen-bond donors (Lipinski definition) is 2. The lowest BCUT2D eigenvalue weighted by Crippen LogP contribution is -2.28. The van der Waals surface area contributed by atoms with E-state index in [-0.39, 0.29) is 17.8 Å². The lowest BCUT2D eigenvalue weighted by Gasteiger charge is -2.26. The summed E-state index contributed by atoms with van der Waals surface area (Å²) >= 11 is 11.8. The molecule has 0 saturated heterocycles. The van der Waals surface area contributed by atoms with Gasteiger partial charge in [-0.25, -0.2) is 0 Å². The molecule has 0 heterocycles. The number of guanidine groups is 1. The van der Waals surface area contributed by atoms with Crippen LogP contribution in [0.1, 0.15) is 25.7 Å². The Bertz CT molecular complexity index is 566. The predicted octanol–water partition coefficient (Wildman–Crippen LogP) is 2.98. The van der Waals surface area contributed by atoms with Crippen LogP contribution in [0.25, 0.3) is 0 Å². The number of carbonyl (C=O) groups excluding carboxylic acids is 1. The molecule has 1 aliphatic carbocycles. The first kappa shape index (κ1) is 16.9. The number of rotatable bonds is 4. The van der Waals surface area contributed by atoms with E-state index in [9.17, 15) is 4.79 Å². The van der Waals surface area contributed by atoms with Crippen molar-refractivity contribution in [2.45, 2.75) is 25.7 Å². The normalized spacial score (nSPS) is 21.2. The van der Waals surface area contributed by atoms with Crippen molar-refractivity contribution in [2.24, 2.45) is 28.3 Å². The number of nitrogens with zero attached hydrogens (tertiary/aromatic N) is 1. The molecule has 4 N–H and O–H groups in total. The summed E-state index contributed by atoms with van der Waals surface area (Å²) in [6.45, 7) is 0.618. The van der Waals surface area contributed by atoms with Gasteiger partial charge in [0.1, 0.15) is 5.75 Å². The van der Waals surface area contributed by atoms with Crippen molar-refractivity contribution in [2.75, 3.05) is 6.54 Å². The molecule has 0 aliphatic heterocycles. The van der Waals surface area contributed by atoms with Crippen LogP contribution in [-0.2, 0) is 4.79 Å². The molecule has 1 saturated carbocycles. The number of carbonyl (C=O) groups is 1. The molecule has 0 bridgehead atoms. The largest absolute Gasteiger partial charge is 0.425 e. The standard InChI is InChI=1S/C15H19Cl2N3O2/c16-11-5-6-13(12(17)7-11)22-14(21)10-3-1-9(2-4-10)8-20-15(18)19/h5-7,9-10H,1-4,8H2,(H4,18,19,20). The van der Waals surface area contributed by atoms with E-state index in [1.54, 1.807) is 18.2 Å². The van der Waals surface area contributed by atoms with E-state index in [1.165, 1.54) is 0 Å². The van der Waals surface area contributed by atoms with Crippen LogP contribution in [0.5, 0.6) is 5.75 Å². The fourth-order valence-corrected chi connectivity index (χ4v) is 3.01. The third kappa shape index (κ3) is 4.78. The number of benzene rings is 1. The number of aliphatic imine (C=N–C) groups is 1. The molecule has 0 radical (unpaired) electrons. The summed E-state index contributed by atoms with van der Waals surface area (Å²) in [5.41, 5.74) is 10.7. The first-order valence-corrected chi connectivity index (χ1v) is 7.93. The molecule has 1 aliphatic rings. The van der Waals surface area contributed by atoms with Gasteiger partial charge >= 0.3 is 5.97 Å². The number of hydrogen-bond acceptors (Lipinski definition) is 3. The molecular formula is C15H19Cl2N3O2. The summed E-state index contributed by atoms with van der Waals surface area (Å²) in [5.74, 6) is 0.523. The van der Waals surface area contributed by atoms with Crippen molar-refractivity contribution >= 4 is 35.1 Å². The van der Waals surface area contributed by atoms with Crippen LogP contribution in [0, 0.1) is 11.8 Å². The lowest BCUT2D eigenvalue weighted by atomic mass is 9.82. The van der Waals surface area contributed by atoms with Gasteiger partial charge in [-0.05, 0) is 49.8 Å². The molecule has 5 nitrogen and oxygen atoms in total. The molecule has 1 aromatic rings. The van der Waals surface area contributed by atoms with E-state index >= 15 is 0 Å². The highest BCUT2D eigenvalue weighted by atomic mass is 35.5. The number of nitrogens with two attached hydrogens (primary N) is 2. The van der Waals surface area contributed by atoms with Gasteiger partial charge < -0.3 is 16.2 Å². The van der Waals surface area contributed by atoms with Gasteiger partial charge in [0, 0.05) is 11.6 Å². The number of esters is 1. The minimum Gasteiger partial charge on any atom is -0.425 e. The maximum Gasteiger partial charge on any atom is 0.314 e. The smallest absolute Gasteiger partial charge is 0.314 e. The van der Waals surface area contributed by atoms with Crippen LogP contribution in [0.4, 0.5) is 0 Å². The molecule has 7 heteroatoms. The average molecular weight is 344 g/mol. The van der Waals surface area contributed by atoms with Gasteiger partial charge in [-0.15, -0.1) is 0 Å². The highest BCUT2D eigenvalue weighted by Crippen LogP contribution is 2.32. The first-order valence-electron chi connectivity index (χ1n) is 7.18. The Morgan fingerprint density at radius 2 is 1.91 bits per heavy atom. The van der Waals surface area contributed by atoms with Gasteiger partial charge in [0.2, 0.25) is 0 Å². The number of halogens is 2. The average Bonchev–Trinajstić information content (AvgIpc) is 2.48. The summed E-state index contributed by atoms with van der Waals surface area (Å²) in [6, 6.07) is 4.80. The van der Waals surface area contributed by atoms with Crippen molar-refractivity contribution < 1.29 is 9.53 Å². The van der Waals surface area contributed by atoms with Crippen molar-refractivity contribution in [3.05, 3.63) is 28.2 Å². The van der Waals surface area contributed by atoms with E-state index < -0.39 is 0 Å². The maximum absolute atomic E-state index is 12.2. The van der Waals surface area contributed by atoms with Crippen LogP contribution in [0.15, 0.2) is 23.2 Å². The maximum atomic E-state index is 12.2. The van der Waals surface area contributed by atoms with Crippen molar-refractivity contribution in [1.29, 1.82) is 0 Å². The second-order valence-electron chi connectivity index (χ2n) is 5.48.